The van der Waals surface area contributed by atoms with Gasteiger partial charge in [0, 0.05) is 22.5 Å². The highest BCUT2D eigenvalue weighted by Crippen LogP contribution is 2.31. The van der Waals surface area contributed by atoms with Crippen LogP contribution in [0.3, 0.4) is 0 Å². The molecule has 1 atom stereocenters. The van der Waals surface area contributed by atoms with Crippen molar-refractivity contribution >= 4 is 52.4 Å². The lowest BCUT2D eigenvalue weighted by atomic mass is 10.1. The van der Waals surface area contributed by atoms with Gasteiger partial charge in [-0.2, -0.15) is 0 Å². The first kappa shape index (κ1) is 19.2. The lowest BCUT2D eigenvalue weighted by molar-refractivity contribution is -0.122. The first-order chi connectivity index (χ1) is 12.8. The Bertz CT molecular complexity index is 896. The maximum Gasteiger partial charge on any atom is 0.338 e. The molecule has 0 saturated heterocycles. The molecule has 2 amide bonds. The van der Waals surface area contributed by atoms with Crippen molar-refractivity contribution in [1.29, 1.82) is 0 Å². The molecule has 0 aliphatic carbocycles. The van der Waals surface area contributed by atoms with Crippen LogP contribution in [0.5, 0.6) is 0 Å². The van der Waals surface area contributed by atoms with Gasteiger partial charge in [0.1, 0.15) is 0 Å². The minimum Gasteiger partial charge on any atom is -0.452 e. The third kappa shape index (κ3) is 4.40. The van der Waals surface area contributed by atoms with Crippen LogP contribution in [0.1, 0.15) is 23.7 Å². The number of carbonyl (C=O) groups is 3. The van der Waals surface area contributed by atoms with Gasteiger partial charge in [-0.1, -0.05) is 35.3 Å². The van der Waals surface area contributed by atoms with Crippen LogP contribution in [0, 0.1) is 0 Å². The molecular weight excluding hydrogens is 391 g/mol. The molecule has 0 saturated carbocycles. The van der Waals surface area contributed by atoms with E-state index in [2.05, 4.69) is 5.32 Å². The Hall–Kier alpha value is -2.57. The van der Waals surface area contributed by atoms with Crippen molar-refractivity contribution < 1.29 is 19.1 Å². The molecule has 27 heavy (non-hydrogen) atoms. The van der Waals surface area contributed by atoms with E-state index in [1.165, 1.54) is 23.1 Å². The van der Waals surface area contributed by atoms with Gasteiger partial charge in [0.25, 0.3) is 5.91 Å². The summed E-state index contributed by atoms with van der Waals surface area (Å²) in [6.45, 7) is 1.29. The fourth-order valence-corrected chi connectivity index (χ4v) is 3.45. The van der Waals surface area contributed by atoms with Crippen LogP contribution in [0.2, 0.25) is 10.0 Å². The number of rotatable bonds is 3. The van der Waals surface area contributed by atoms with E-state index >= 15 is 0 Å². The summed E-state index contributed by atoms with van der Waals surface area (Å²) in [5.74, 6) is -1.33. The van der Waals surface area contributed by atoms with E-state index in [1.807, 2.05) is 0 Å². The van der Waals surface area contributed by atoms with Gasteiger partial charge < -0.3 is 15.0 Å². The average molecular weight is 407 g/mol. The van der Waals surface area contributed by atoms with Gasteiger partial charge >= 0.3 is 5.97 Å². The largest absolute Gasteiger partial charge is 0.452 e. The summed E-state index contributed by atoms with van der Waals surface area (Å²) in [5, 5.41) is 3.36. The first-order valence-electron chi connectivity index (χ1n) is 8.19. The van der Waals surface area contributed by atoms with Gasteiger partial charge in [-0.15, -0.1) is 0 Å². The van der Waals surface area contributed by atoms with Crippen LogP contribution in [0.25, 0.3) is 0 Å². The number of benzene rings is 2. The number of nitrogens with one attached hydrogen (secondary N) is 1. The molecular formula is C19H16Cl2N2O4. The normalized spacial score (nSPS) is 16.2. The molecule has 2 aromatic rings. The molecule has 0 spiro atoms. The fourth-order valence-electron chi connectivity index (χ4n) is 2.92. The monoisotopic (exact) mass is 406 g/mol. The summed E-state index contributed by atoms with van der Waals surface area (Å²) in [4.78, 5) is 38.4. The quantitative estimate of drug-likeness (QED) is 0.783. The Morgan fingerprint density at radius 1 is 1.19 bits per heavy atom. The van der Waals surface area contributed by atoms with E-state index < -0.39 is 18.5 Å². The fraction of sp³-hybridized carbons (Fsp3) is 0.211. The van der Waals surface area contributed by atoms with Crippen molar-refractivity contribution in [3.63, 3.8) is 0 Å². The number of fused-ring (bicyclic) bond motifs is 1. The molecule has 140 valence electrons. The number of esters is 1. The first-order valence-corrected chi connectivity index (χ1v) is 8.95. The molecule has 0 radical (unpaired) electrons. The Morgan fingerprint density at radius 3 is 2.56 bits per heavy atom. The average Bonchev–Trinajstić information content (AvgIpc) is 2.72. The van der Waals surface area contributed by atoms with Crippen LogP contribution < -0.4 is 10.2 Å². The summed E-state index contributed by atoms with van der Waals surface area (Å²) in [6, 6.07) is 10.9. The third-order valence-corrected chi connectivity index (χ3v) is 4.49. The molecule has 0 fully saturated rings. The van der Waals surface area contributed by atoms with Gasteiger partial charge in [0.05, 0.1) is 16.9 Å². The van der Waals surface area contributed by atoms with E-state index in [9.17, 15) is 14.4 Å². The van der Waals surface area contributed by atoms with Crippen LogP contribution in [0.15, 0.2) is 42.5 Å². The zero-order valence-electron chi connectivity index (χ0n) is 14.4. The highest BCUT2D eigenvalue weighted by Gasteiger charge is 2.30. The lowest BCUT2D eigenvalue weighted by Gasteiger charge is -2.27. The smallest absolute Gasteiger partial charge is 0.338 e. The predicted molar refractivity (Wildman–Crippen MR) is 103 cm³/mol. The Labute approximate surface area is 166 Å². The Kier molecular flexibility index (Phi) is 5.68. The maximum atomic E-state index is 12.8. The number of anilines is 2. The molecule has 0 bridgehead atoms. The van der Waals surface area contributed by atoms with Crippen molar-refractivity contribution in [3.05, 3.63) is 58.1 Å². The second kappa shape index (κ2) is 7.98. The molecule has 1 N–H and O–H groups in total. The number of ether oxygens (including phenoxy) is 1. The second-order valence-corrected chi connectivity index (χ2v) is 6.99. The van der Waals surface area contributed by atoms with Gasteiger partial charge in [0.2, 0.25) is 5.91 Å². The second-order valence-electron chi connectivity index (χ2n) is 6.12. The molecule has 6 nitrogen and oxygen atoms in total. The summed E-state index contributed by atoms with van der Waals surface area (Å²) in [7, 11) is 0. The Morgan fingerprint density at radius 2 is 1.85 bits per heavy atom. The van der Waals surface area contributed by atoms with E-state index in [4.69, 9.17) is 27.9 Å². The molecule has 2 aromatic carbocycles. The number of hydrogen-bond donors (Lipinski definition) is 1. The minimum atomic E-state index is -0.710. The number of halogens is 2. The summed E-state index contributed by atoms with van der Waals surface area (Å²) >= 11 is 11.8. The standard InChI is InChI=1S/C19H16Cl2N2O4/c1-11-6-17(24)22-15-4-2-3-5-16(15)23(11)18(25)10-27-19(26)12-7-13(20)9-14(21)8-12/h2-5,7-9,11H,6,10H2,1H3,(H,22,24)/t11-/m0/s1. The van der Waals surface area contributed by atoms with Crippen molar-refractivity contribution in [1.82, 2.24) is 0 Å². The summed E-state index contributed by atoms with van der Waals surface area (Å²) in [6.07, 6.45) is 0.137. The van der Waals surface area contributed by atoms with Gasteiger partial charge in [0.15, 0.2) is 6.61 Å². The van der Waals surface area contributed by atoms with Crippen LogP contribution in [0.4, 0.5) is 11.4 Å². The molecule has 1 aliphatic rings. The van der Waals surface area contributed by atoms with Crippen molar-refractivity contribution in [2.24, 2.45) is 0 Å². The molecule has 1 heterocycles. The minimum absolute atomic E-state index is 0.137. The van der Waals surface area contributed by atoms with Gasteiger partial charge in [-0.3, -0.25) is 9.59 Å². The van der Waals surface area contributed by atoms with E-state index in [0.717, 1.165) is 0 Å². The lowest BCUT2D eigenvalue weighted by Crippen LogP contribution is -2.41. The zero-order valence-corrected chi connectivity index (χ0v) is 15.9. The van der Waals surface area contributed by atoms with Crippen molar-refractivity contribution in [2.75, 3.05) is 16.8 Å². The van der Waals surface area contributed by atoms with Gasteiger partial charge in [-0.25, -0.2) is 4.79 Å². The highest BCUT2D eigenvalue weighted by atomic mass is 35.5. The SMILES string of the molecule is C[C@H]1CC(=O)Nc2ccccc2N1C(=O)COC(=O)c1cc(Cl)cc(Cl)c1. The van der Waals surface area contributed by atoms with E-state index in [1.54, 1.807) is 31.2 Å². The maximum absolute atomic E-state index is 12.8. The zero-order chi connectivity index (χ0) is 19.6. The topological polar surface area (TPSA) is 75.7 Å². The third-order valence-electron chi connectivity index (χ3n) is 4.05. The van der Waals surface area contributed by atoms with Crippen LogP contribution in [-0.4, -0.2) is 30.4 Å². The van der Waals surface area contributed by atoms with E-state index in [-0.39, 0.29) is 23.9 Å². The molecule has 3 rings (SSSR count). The number of para-hydroxylation sites is 2. The van der Waals surface area contributed by atoms with Crippen LogP contribution in [-0.2, 0) is 14.3 Å². The Balaban J connectivity index is 1.77. The van der Waals surface area contributed by atoms with Gasteiger partial charge in [-0.05, 0) is 37.3 Å². The molecule has 0 aromatic heterocycles. The number of hydrogen-bond acceptors (Lipinski definition) is 4. The molecule has 8 heteroatoms. The number of amides is 2. The number of carbonyl (C=O) groups excluding carboxylic acids is 3. The van der Waals surface area contributed by atoms with Crippen LogP contribution >= 0.6 is 23.2 Å². The van der Waals surface area contributed by atoms with Crippen molar-refractivity contribution in [2.45, 2.75) is 19.4 Å². The highest BCUT2D eigenvalue weighted by molar-refractivity contribution is 6.35. The summed E-state index contributed by atoms with van der Waals surface area (Å²) in [5.41, 5.74) is 1.25. The summed E-state index contributed by atoms with van der Waals surface area (Å²) < 4.78 is 5.13. The molecule has 0 unspecified atom stereocenters. The molecule has 1 aliphatic heterocycles. The van der Waals surface area contributed by atoms with E-state index in [0.29, 0.717) is 21.4 Å². The predicted octanol–water partition coefficient (Wildman–Crippen LogP) is 3.91. The number of nitrogens with zero attached hydrogens (tertiary/aromatic N) is 1. The van der Waals surface area contributed by atoms with Crippen molar-refractivity contribution in [3.8, 4) is 0 Å².